The first kappa shape index (κ1) is 11.0. The van der Waals surface area contributed by atoms with Gasteiger partial charge in [-0.3, -0.25) is 0 Å². The molecule has 1 saturated heterocycles. The Labute approximate surface area is 99.8 Å². The minimum absolute atomic E-state index is 0.929. The highest BCUT2D eigenvalue weighted by Gasteiger charge is 2.14. The van der Waals surface area contributed by atoms with Crippen LogP contribution in [0.15, 0.2) is 22.7 Å². The van der Waals surface area contributed by atoms with Crippen LogP contribution in [0.3, 0.4) is 0 Å². The fraction of sp³-hybridized carbons (Fsp3) is 0.500. The van der Waals surface area contributed by atoms with Gasteiger partial charge in [0.2, 0.25) is 0 Å². The average Bonchev–Trinajstić information content (AvgIpc) is 2.71. The van der Waals surface area contributed by atoms with E-state index in [-0.39, 0.29) is 0 Å². The lowest BCUT2D eigenvalue weighted by Gasteiger charge is -2.19. The lowest BCUT2D eigenvalue weighted by atomic mass is 10.2. The second-order valence-electron chi connectivity index (χ2n) is 4.01. The van der Waals surface area contributed by atoms with Gasteiger partial charge < -0.3 is 10.2 Å². The van der Waals surface area contributed by atoms with E-state index in [0.717, 1.165) is 6.54 Å². The van der Waals surface area contributed by atoms with E-state index < -0.39 is 0 Å². The summed E-state index contributed by atoms with van der Waals surface area (Å²) < 4.78 is 1.22. The number of benzene rings is 1. The van der Waals surface area contributed by atoms with E-state index in [0.29, 0.717) is 0 Å². The maximum atomic E-state index is 3.66. The second kappa shape index (κ2) is 4.99. The summed E-state index contributed by atoms with van der Waals surface area (Å²) in [4.78, 5) is 2.45. The second-order valence-corrected chi connectivity index (χ2v) is 4.86. The zero-order valence-electron chi connectivity index (χ0n) is 9.09. The van der Waals surface area contributed by atoms with E-state index in [2.05, 4.69) is 44.3 Å². The van der Waals surface area contributed by atoms with Crippen LogP contribution in [0.2, 0.25) is 0 Å². The maximum absolute atomic E-state index is 3.66. The van der Waals surface area contributed by atoms with Crippen molar-refractivity contribution in [2.45, 2.75) is 19.4 Å². The lowest BCUT2D eigenvalue weighted by Crippen LogP contribution is -2.18. The van der Waals surface area contributed by atoms with Crippen LogP contribution in [-0.2, 0) is 6.54 Å². The molecule has 1 heterocycles. The highest BCUT2D eigenvalue weighted by Crippen LogP contribution is 2.29. The molecule has 15 heavy (non-hydrogen) atoms. The number of nitrogens with zero attached hydrogens (tertiary/aromatic N) is 1. The molecule has 3 heteroatoms. The number of nitrogens with one attached hydrogen (secondary N) is 1. The van der Waals surface area contributed by atoms with Gasteiger partial charge in [0.1, 0.15) is 0 Å². The molecule has 0 aromatic heterocycles. The monoisotopic (exact) mass is 268 g/mol. The lowest BCUT2D eigenvalue weighted by molar-refractivity contribution is 0.816. The molecule has 0 radical (unpaired) electrons. The third-order valence-corrected chi connectivity index (χ3v) is 3.47. The Morgan fingerprint density at radius 1 is 1.33 bits per heavy atom. The van der Waals surface area contributed by atoms with Crippen molar-refractivity contribution in [1.82, 2.24) is 5.32 Å². The summed E-state index contributed by atoms with van der Waals surface area (Å²) in [6, 6.07) is 6.64. The highest BCUT2D eigenvalue weighted by molar-refractivity contribution is 9.10. The Kier molecular flexibility index (Phi) is 3.65. The quantitative estimate of drug-likeness (QED) is 0.907. The number of rotatable bonds is 3. The summed E-state index contributed by atoms with van der Waals surface area (Å²) in [6.07, 6.45) is 2.65. The van der Waals surface area contributed by atoms with E-state index in [1.54, 1.807) is 0 Å². The van der Waals surface area contributed by atoms with Crippen LogP contribution < -0.4 is 10.2 Å². The van der Waals surface area contributed by atoms with Crippen LogP contribution in [0.4, 0.5) is 5.69 Å². The molecule has 0 saturated carbocycles. The molecule has 0 bridgehead atoms. The summed E-state index contributed by atoms with van der Waals surface area (Å²) in [5.41, 5.74) is 2.67. The molecule has 1 fully saturated rings. The number of hydrogen-bond donors (Lipinski definition) is 1. The van der Waals surface area contributed by atoms with Crippen LogP contribution in [-0.4, -0.2) is 20.1 Å². The molecule has 1 aliphatic heterocycles. The summed E-state index contributed by atoms with van der Waals surface area (Å²) in [7, 11) is 1.97. The highest BCUT2D eigenvalue weighted by atomic mass is 79.9. The van der Waals surface area contributed by atoms with Gasteiger partial charge in [0.15, 0.2) is 0 Å². The van der Waals surface area contributed by atoms with Crippen LogP contribution >= 0.6 is 15.9 Å². The summed E-state index contributed by atoms with van der Waals surface area (Å²) in [5.74, 6) is 0. The number of anilines is 1. The van der Waals surface area contributed by atoms with Gasteiger partial charge in [-0.1, -0.05) is 6.07 Å². The molecule has 1 aromatic rings. The third kappa shape index (κ3) is 2.52. The van der Waals surface area contributed by atoms with Crippen molar-refractivity contribution in [3.8, 4) is 0 Å². The Morgan fingerprint density at radius 2 is 2.07 bits per heavy atom. The fourth-order valence-electron chi connectivity index (χ4n) is 2.08. The Balaban J connectivity index is 2.18. The molecule has 0 atom stereocenters. The molecule has 1 aliphatic rings. The number of halogens is 1. The maximum Gasteiger partial charge on any atom is 0.0510 e. The van der Waals surface area contributed by atoms with Crippen LogP contribution in [0.1, 0.15) is 18.4 Å². The van der Waals surface area contributed by atoms with Crippen LogP contribution in [0.25, 0.3) is 0 Å². The zero-order chi connectivity index (χ0) is 10.7. The Hall–Kier alpha value is -0.540. The molecule has 0 unspecified atom stereocenters. The average molecular weight is 269 g/mol. The van der Waals surface area contributed by atoms with Crippen molar-refractivity contribution < 1.29 is 0 Å². The van der Waals surface area contributed by atoms with Crippen molar-refractivity contribution in [2.24, 2.45) is 0 Å². The zero-order valence-corrected chi connectivity index (χ0v) is 10.7. The molecule has 1 N–H and O–H groups in total. The molecule has 0 spiro atoms. The van der Waals surface area contributed by atoms with Crippen LogP contribution in [0.5, 0.6) is 0 Å². The molecular weight excluding hydrogens is 252 g/mol. The van der Waals surface area contributed by atoms with E-state index in [4.69, 9.17) is 0 Å². The first-order valence-corrected chi connectivity index (χ1v) is 6.28. The first-order valence-electron chi connectivity index (χ1n) is 5.49. The SMILES string of the molecule is CNCc1ccc(N2CCCC2)c(Br)c1. The molecule has 82 valence electrons. The van der Waals surface area contributed by atoms with Gasteiger partial charge in [-0.15, -0.1) is 0 Å². The van der Waals surface area contributed by atoms with Gasteiger partial charge in [-0.2, -0.15) is 0 Å². The first-order chi connectivity index (χ1) is 7.31. The summed E-state index contributed by atoms with van der Waals surface area (Å²) in [5, 5.41) is 3.17. The molecular formula is C12H17BrN2. The van der Waals surface area contributed by atoms with Crippen molar-refractivity contribution in [2.75, 3.05) is 25.0 Å². The predicted molar refractivity (Wildman–Crippen MR) is 68.4 cm³/mol. The van der Waals surface area contributed by atoms with Gasteiger partial charge in [0.05, 0.1) is 5.69 Å². The van der Waals surface area contributed by atoms with Crippen LogP contribution in [0, 0.1) is 0 Å². The van der Waals surface area contributed by atoms with Gasteiger partial charge in [-0.05, 0) is 53.5 Å². The topological polar surface area (TPSA) is 15.3 Å². The van der Waals surface area contributed by atoms with Crippen molar-refractivity contribution in [3.05, 3.63) is 28.2 Å². The molecule has 0 amide bonds. The fourth-order valence-corrected chi connectivity index (χ4v) is 2.76. The molecule has 2 nitrogen and oxygen atoms in total. The smallest absolute Gasteiger partial charge is 0.0510 e. The van der Waals surface area contributed by atoms with Crippen molar-refractivity contribution >= 4 is 21.6 Å². The standard InChI is InChI=1S/C12H17BrN2/c1-14-9-10-4-5-12(11(13)8-10)15-6-2-3-7-15/h4-5,8,14H,2-3,6-7,9H2,1H3. The summed E-state index contributed by atoms with van der Waals surface area (Å²) >= 11 is 3.66. The van der Waals surface area contributed by atoms with Gasteiger partial charge in [-0.25, -0.2) is 0 Å². The van der Waals surface area contributed by atoms with Gasteiger partial charge in [0, 0.05) is 24.1 Å². The van der Waals surface area contributed by atoms with E-state index in [1.165, 1.54) is 41.7 Å². The van der Waals surface area contributed by atoms with Gasteiger partial charge >= 0.3 is 0 Å². The minimum atomic E-state index is 0.929. The van der Waals surface area contributed by atoms with E-state index >= 15 is 0 Å². The number of hydrogen-bond acceptors (Lipinski definition) is 2. The minimum Gasteiger partial charge on any atom is -0.371 e. The third-order valence-electron chi connectivity index (χ3n) is 2.84. The van der Waals surface area contributed by atoms with Crippen molar-refractivity contribution in [1.29, 1.82) is 0 Å². The molecule has 1 aromatic carbocycles. The molecule has 2 rings (SSSR count). The summed E-state index contributed by atoms with van der Waals surface area (Å²) in [6.45, 7) is 3.33. The largest absolute Gasteiger partial charge is 0.371 e. The predicted octanol–water partition coefficient (Wildman–Crippen LogP) is 2.77. The molecule has 0 aliphatic carbocycles. The van der Waals surface area contributed by atoms with E-state index in [9.17, 15) is 0 Å². The van der Waals surface area contributed by atoms with Crippen molar-refractivity contribution in [3.63, 3.8) is 0 Å². The normalized spacial score (nSPS) is 16.0. The Bertz CT molecular complexity index is 332. The van der Waals surface area contributed by atoms with Gasteiger partial charge in [0.25, 0.3) is 0 Å². The van der Waals surface area contributed by atoms with E-state index in [1.807, 2.05) is 7.05 Å². The Morgan fingerprint density at radius 3 is 2.67 bits per heavy atom.